The maximum absolute atomic E-state index is 12.5. The van der Waals surface area contributed by atoms with Gasteiger partial charge in [0.05, 0.1) is 16.5 Å². The normalized spacial score (nSPS) is 20.5. The predicted molar refractivity (Wildman–Crippen MR) is 86.1 cm³/mol. The van der Waals surface area contributed by atoms with Gasteiger partial charge in [0, 0.05) is 26.7 Å². The summed E-state index contributed by atoms with van der Waals surface area (Å²) in [4.78, 5) is 12.8. The van der Waals surface area contributed by atoms with Crippen LogP contribution in [0, 0.1) is 0 Å². The number of rotatable bonds is 2. The second kappa shape index (κ2) is 7.38. The van der Waals surface area contributed by atoms with Crippen LogP contribution in [0.5, 0.6) is 0 Å². The van der Waals surface area contributed by atoms with Crippen molar-refractivity contribution in [1.29, 1.82) is 0 Å². The highest BCUT2D eigenvalue weighted by Crippen LogP contribution is 2.30. The summed E-state index contributed by atoms with van der Waals surface area (Å²) in [5, 5.41) is 0. The maximum atomic E-state index is 12.5. The first-order chi connectivity index (χ1) is 10.5. The zero-order chi connectivity index (χ0) is 17.4. The number of sulfonamides is 1. The van der Waals surface area contributed by atoms with Gasteiger partial charge in [0.2, 0.25) is 15.9 Å². The minimum atomic E-state index is -4.54. The Kier molecular flexibility index (Phi) is 6.42. The molecule has 1 aliphatic heterocycles. The van der Waals surface area contributed by atoms with Gasteiger partial charge in [0.15, 0.2) is 0 Å². The zero-order valence-electron chi connectivity index (χ0n) is 12.7. The summed E-state index contributed by atoms with van der Waals surface area (Å²) in [6.45, 7) is -0.0295. The van der Waals surface area contributed by atoms with Crippen LogP contribution in [0.2, 0.25) is 0 Å². The third-order valence-electron chi connectivity index (χ3n) is 3.60. The molecule has 0 aliphatic carbocycles. The lowest BCUT2D eigenvalue weighted by Gasteiger charge is -2.21. The van der Waals surface area contributed by atoms with Crippen LogP contribution in [0.3, 0.4) is 0 Å². The molecule has 1 aliphatic rings. The summed E-state index contributed by atoms with van der Waals surface area (Å²) in [5.41, 5.74) is 4.74. The molecule has 1 fully saturated rings. The van der Waals surface area contributed by atoms with Crippen LogP contribution in [0.25, 0.3) is 0 Å². The van der Waals surface area contributed by atoms with Gasteiger partial charge in [-0.2, -0.15) is 17.5 Å². The first kappa shape index (κ1) is 20.9. The summed E-state index contributed by atoms with van der Waals surface area (Å²) >= 11 is 0. The summed E-state index contributed by atoms with van der Waals surface area (Å²) in [7, 11) is -2.51. The van der Waals surface area contributed by atoms with E-state index in [0.717, 1.165) is 16.4 Å². The van der Waals surface area contributed by atoms with Crippen molar-refractivity contribution in [3.63, 3.8) is 0 Å². The van der Waals surface area contributed by atoms with Crippen LogP contribution in [0.15, 0.2) is 29.2 Å². The number of alkyl halides is 3. The smallest absolute Gasteiger partial charge is 0.343 e. The number of halogens is 4. The van der Waals surface area contributed by atoms with Crippen LogP contribution >= 0.6 is 17.0 Å². The molecule has 24 heavy (non-hydrogen) atoms. The molecular formula is C13H17BrF3N3O3S. The molecule has 1 aromatic carbocycles. The molecule has 0 aromatic heterocycles. The Morgan fingerprint density at radius 1 is 1.17 bits per heavy atom. The molecule has 0 unspecified atom stereocenters. The minimum absolute atomic E-state index is 0. The third kappa shape index (κ3) is 4.26. The van der Waals surface area contributed by atoms with Gasteiger partial charge in [0.25, 0.3) is 0 Å². The number of amides is 1. The highest BCUT2D eigenvalue weighted by Gasteiger charge is 2.34. The molecule has 0 bridgehead atoms. The van der Waals surface area contributed by atoms with Crippen molar-refractivity contribution in [2.24, 2.45) is 5.73 Å². The molecule has 1 amide bonds. The Hall–Kier alpha value is -1.17. The molecular weight excluding hydrogens is 415 g/mol. The molecule has 1 aromatic rings. The summed E-state index contributed by atoms with van der Waals surface area (Å²) < 4.78 is 63.7. The maximum Gasteiger partial charge on any atom is 0.416 e. The molecule has 11 heteroatoms. The number of likely N-dealkylation sites (N-methyl/N-ethyl adjacent to an activating group) is 1. The van der Waals surface area contributed by atoms with Crippen molar-refractivity contribution in [1.82, 2.24) is 9.21 Å². The van der Waals surface area contributed by atoms with E-state index in [1.54, 1.807) is 0 Å². The van der Waals surface area contributed by atoms with Crippen molar-refractivity contribution >= 4 is 32.9 Å². The first-order valence-corrected chi connectivity index (χ1v) is 8.15. The van der Waals surface area contributed by atoms with E-state index < -0.39 is 27.8 Å². The van der Waals surface area contributed by atoms with Crippen molar-refractivity contribution in [3.05, 3.63) is 29.8 Å². The number of nitrogens with two attached hydrogens (primary N) is 1. The molecule has 0 saturated carbocycles. The minimum Gasteiger partial charge on any atom is -0.343 e. The molecule has 0 spiro atoms. The van der Waals surface area contributed by atoms with E-state index in [9.17, 15) is 26.4 Å². The highest BCUT2D eigenvalue weighted by atomic mass is 79.9. The second-order valence-electron chi connectivity index (χ2n) is 5.25. The van der Waals surface area contributed by atoms with Gasteiger partial charge in [0.1, 0.15) is 0 Å². The van der Waals surface area contributed by atoms with E-state index in [1.807, 2.05) is 0 Å². The Labute approximate surface area is 148 Å². The van der Waals surface area contributed by atoms with Gasteiger partial charge in [-0.25, -0.2) is 8.42 Å². The highest BCUT2D eigenvalue weighted by molar-refractivity contribution is 8.93. The SMILES string of the molecule is Br.CN1CCN(S(=O)(=O)c2ccc(C(F)(F)F)cc2)C[C@H](N)C1=O. The number of carbonyl (C=O) groups excluding carboxylic acids is 1. The van der Waals surface area contributed by atoms with Crippen molar-refractivity contribution in [2.45, 2.75) is 17.1 Å². The van der Waals surface area contributed by atoms with E-state index in [4.69, 9.17) is 5.73 Å². The Morgan fingerprint density at radius 3 is 2.21 bits per heavy atom. The lowest BCUT2D eigenvalue weighted by molar-refractivity contribution is -0.137. The van der Waals surface area contributed by atoms with E-state index in [0.29, 0.717) is 12.1 Å². The van der Waals surface area contributed by atoms with Gasteiger partial charge in [-0.1, -0.05) is 0 Å². The quantitative estimate of drug-likeness (QED) is 0.758. The molecule has 2 N–H and O–H groups in total. The predicted octanol–water partition coefficient (Wildman–Crippen LogP) is 1.07. The van der Waals surface area contributed by atoms with Crippen molar-refractivity contribution in [2.75, 3.05) is 26.7 Å². The molecule has 1 heterocycles. The fourth-order valence-corrected chi connectivity index (χ4v) is 3.68. The molecule has 1 atom stereocenters. The number of carbonyl (C=O) groups is 1. The van der Waals surface area contributed by atoms with Crippen molar-refractivity contribution in [3.8, 4) is 0 Å². The fourth-order valence-electron chi connectivity index (χ4n) is 2.23. The zero-order valence-corrected chi connectivity index (χ0v) is 15.2. The number of hydrogen-bond acceptors (Lipinski definition) is 4. The summed E-state index contributed by atoms with van der Waals surface area (Å²) in [5.74, 6) is -0.380. The van der Waals surface area contributed by atoms with E-state index in [-0.39, 0.29) is 47.4 Å². The second-order valence-corrected chi connectivity index (χ2v) is 7.19. The fraction of sp³-hybridized carbons (Fsp3) is 0.462. The van der Waals surface area contributed by atoms with Crippen LogP contribution in [0.1, 0.15) is 5.56 Å². The Morgan fingerprint density at radius 2 is 1.71 bits per heavy atom. The van der Waals surface area contributed by atoms with Crippen LogP contribution in [-0.4, -0.2) is 56.3 Å². The van der Waals surface area contributed by atoms with Crippen LogP contribution < -0.4 is 5.73 Å². The largest absolute Gasteiger partial charge is 0.416 e. The van der Waals surface area contributed by atoms with E-state index >= 15 is 0 Å². The number of benzene rings is 1. The van der Waals surface area contributed by atoms with E-state index in [2.05, 4.69) is 0 Å². The lowest BCUT2D eigenvalue weighted by atomic mass is 10.2. The average molecular weight is 432 g/mol. The summed E-state index contributed by atoms with van der Waals surface area (Å²) in [6, 6.07) is 2.22. The monoisotopic (exact) mass is 431 g/mol. The van der Waals surface area contributed by atoms with Gasteiger partial charge >= 0.3 is 6.18 Å². The van der Waals surface area contributed by atoms with Crippen LogP contribution in [-0.2, 0) is 21.0 Å². The molecule has 1 saturated heterocycles. The van der Waals surface area contributed by atoms with Gasteiger partial charge in [-0.3, -0.25) is 4.79 Å². The Balaban J connectivity index is 0.00000288. The summed E-state index contributed by atoms with van der Waals surface area (Å²) in [6.07, 6.45) is -4.54. The molecule has 6 nitrogen and oxygen atoms in total. The van der Waals surface area contributed by atoms with Gasteiger partial charge in [-0.15, -0.1) is 17.0 Å². The molecule has 136 valence electrons. The van der Waals surface area contributed by atoms with Crippen molar-refractivity contribution < 1.29 is 26.4 Å². The third-order valence-corrected chi connectivity index (χ3v) is 5.48. The first-order valence-electron chi connectivity index (χ1n) is 6.71. The van der Waals surface area contributed by atoms with E-state index in [1.165, 1.54) is 11.9 Å². The van der Waals surface area contributed by atoms with Crippen LogP contribution in [0.4, 0.5) is 13.2 Å². The van der Waals surface area contributed by atoms with Gasteiger partial charge in [-0.05, 0) is 24.3 Å². The average Bonchev–Trinajstić information content (AvgIpc) is 2.60. The lowest BCUT2D eigenvalue weighted by Crippen LogP contribution is -2.45. The molecule has 2 rings (SSSR count). The standard InChI is InChI=1S/C13H16F3N3O3S.BrH/c1-18-6-7-19(8-11(17)12(18)20)23(21,22)10-4-2-9(3-5-10)13(14,15)16;/h2-5,11H,6-8,17H2,1H3;1H/t11-;/m0./s1. The number of hydrogen-bond donors (Lipinski definition) is 1. The van der Waals surface area contributed by atoms with Gasteiger partial charge < -0.3 is 10.6 Å². The Bertz CT molecular complexity index is 695. The number of nitrogens with zero attached hydrogens (tertiary/aromatic N) is 2. The topological polar surface area (TPSA) is 83.7 Å². The molecule has 0 radical (unpaired) electrons.